The summed E-state index contributed by atoms with van der Waals surface area (Å²) in [5.41, 5.74) is -1.74. The van der Waals surface area contributed by atoms with Gasteiger partial charge in [0.15, 0.2) is 29.3 Å². The quantitative estimate of drug-likeness (QED) is 0.120. The van der Waals surface area contributed by atoms with Gasteiger partial charge >= 0.3 is 6.08 Å². The van der Waals surface area contributed by atoms with Gasteiger partial charge in [0.25, 0.3) is 5.85 Å². The van der Waals surface area contributed by atoms with E-state index in [1.165, 1.54) is 0 Å². The van der Waals surface area contributed by atoms with E-state index in [0.29, 0.717) is 5.75 Å². The molecule has 1 fully saturated rings. The summed E-state index contributed by atoms with van der Waals surface area (Å²) >= 11 is 0. The first kappa shape index (κ1) is 29.2. The molecule has 0 spiro atoms. The third-order valence-corrected chi connectivity index (χ3v) is 7.85. The molecule has 4 N–H and O–H groups in total. The van der Waals surface area contributed by atoms with Crippen LogP contribution in [0.25, 0.3) is 11.2 Å². The van der Waals surface area contributed by atoms with Gasteiger partial charge in [0, 0.05) is 0 Å². The number of nitrogens with zero attached hydrogens (tertiary/aromatic N) is 4. The summed E-state index contributed by atoms with van der Waals surface area (Å²) in [5.74, 6) is -0.591. The standard InChI is InChI=1S/C32H27F2N5O5/c1-3-30(42)27(41)31(34,18-40)44-28(30)39-19-35-24-25(36-29(33)37-26(24)39)38-32(20-10-6-4-7-11-20,21-12-8-5-9-13-21)22-14-16-23(43-2)17-15-22/h1,4-17,19,27-28,40-42H,18H2,2H3,(H,36,37,38)/t27-,28+,30+,31+/m0/s1. The van der Waals surface area contributed by atoms with Crippen molar-refractivity contribution in [3.8, 4) is 18.1 Å². The minimum Gasteiger partial charge on any atom is -0.497 e. The topological polar surface area (TPSA) is 135 Å². The number of fused-ring (bicyclic) bond motifs is 1. The van der Waals surface area contributed by atoms with Crippen molar-refractivity contribution in [2.45, 2.75) is 29.3 Å². The average molecular weight is 600 g/mol. The van der Waals surface area contributed by atoms with E-state index in [0.717, 1.165) is 27.6 Å². The highest BCUT2D eigenvalue weighted by molar-refractivity contribution is 5.84. The van der Waals surface area contributed by atoms with Crippen molar-refractivity contribution in [2.24, 2.45) is 0 Å². The summed E-state index contributed by atoms with van der Waals surface area (Å²) in [6, 6.07) is 26.2. The fourth-order valence-corrected chi connectivity index (χ4v) is 5.61. The number of aliphatic hydroxyl groups excluding tert-OH is 2. The molecule has 10 nitrogen and oxygen atoms in total. The number of rotatable bonds is 8. The lowest BCUT2D eigenvalue weighted by atomic mass is 9.77. The highest BCUT2D eigenvalue weighted by atomic mass is 19.2. The van der Waals surface area contributed by atoms with Gasteiger partial charge in [0.05, 0.1) is 13.4 Å². The number of halogens is 2. The molecule has 5 aromatic rings. The molecule has 0 bridgehead atoms. The van der Waals surface area contributed by atoms with E-state index in [9.17, 15) is 15.3 Å². The Labute approximate surface area is 250 Å². The molecule has 0 aliphatic carbocycles. The molecule has 4 atom stereocenters. The molecule has 0 saturated carbocycles. The molecule has 44 heavy (non-hydrogen) atoms. The Morgan fingerprint density at radius 2 is 1.61 bits per heavy atom. The van der Waals surface area contributed by atoms with Gasteiger partial charge in [0.2, 0.25) is 5.60 Å². The van der Waals surface area contributed by atoms with Gasteiger partial charge in [0.1, 0.15) is 17.9 Å². The van der Waals surface area contributed by atoms with Crippen molar-refractivity contribution in [1.29, 1.82) is 0 Å². The molecular formula is C32H27F2N5O5. The molecule has 1 saturated heterocycles. The predicted molar refractivity (Wildman–Crippen MR) is 156 cm³/mol. The Hall–Kier alpha value is -4.93. The Morgan fingerprint density at radius 1 is 1.02 bits per heavy atom. The number of nitrogens with one attached hydrogen (secondary N) is 1. The summed E-state index contributed by atoms with van der Waals surface area (Å²) in [6.45, 7) is -1.31. The fourth-order valence-electron chi connectivity index (χ4n) is 5.61. The molecule has 0 unspecified atom stereocenters. The lowest BCUT2D eigenvalue weighted by Gasteiger charge is -2.37. The van der Waals surface area contributed by atoms with E-state index in [-0.39, 0.29) is 17.0 Å². The zero-order valence-corrected chi connectivity index (χ0v) is 23.3. The van der Waals surface area contributed by atoms with E-state index >= 15 is 8.78 Å². The van der Waals surface area contributed by atoms with Crippen LogP contribution in [0.15, 0.2) is 91.3 Å². The Morgan fingerprint density at radius 3 is 2.16 bits per heavy atom. The van der Waals surface area contributed by atoms with Crippen LogP contribution in [-0.2, 0) is 10.3 Å². The number of hydrogen-bond donors (Lipinski definition) is 4. The van der Waals surface area contributed by atoms with Crippen LogP contribution in [-0.4, -0.2) is 66.1 Å². The van der Waals surface area contributed by atoms with Gasteiger partial charge in [-0.15, -0.1) is 6.42 Å². The van der Waals surface area contributed by atoms with Crippen LogP contribution in [0.1, 0.15) is 22.9 Å². The first-order valence-electron chi connectivity index (χ1n) is 13.5. The number of aliphatic hydroxyl groups is 3. The maximum Gasteiger partial charge on any atom is 0.312 e. The highest BCUT2D eigenvalue weighted by Crippen LogP contribution is 2.46. The fraction of sp³-hybridized carbons (Fsp3) is 0.219. The second kappa shape index (κ2) is 11.0. The molecule has 12 heteroatoms. The molecule has 6 rings (SSSR count). The number of ether oxygens (including phenoxy) is 2. The first-order valence-corrected chi connectivity index (χ1v) is 13.5. The van der Waals surface area contributed by atoms with Gasteiger partial charge < -0.3 is 30.1 Å². The summed E-state index contributed by atoms with van der Waals surface area (Å²) in [5, 5.41) is 34.5. The van der Waals surface area contributed by atoms with Crippen molar-refractivity contribution >= 4 is 17.0 Å². The van der Waals surface area contributed by atoms with Crippen LogP contribution in [0.3, 0.4) is 0 Å². The maximum atomic E-state index is 15.3. The normalized spacial score (nSPS) is 23.4. The molecule has 1 aliphatic rings. The lowest BCUT2D eigenvalue weighted by molar-refractivity contribution is -0.206. The molecule has 0 radical (unpaired) electrons. The Bertz CT molecular complexity index is 1790. The number of anilines is 1. The number of imidazole rings is 1. The molecule has 224 valence electrons. The smallest absolute Gasteiger partial charge is 0.312 e. The van der Waals surface area contributed by atoms with Gasteiger partial charge in [-0.25, -0.2) is 9.37 Å². The third kappa shape index (κ3) is 4.45. The van der Waals surface area contributed by atoms with Crippen LogP contribution in [0.2, 0.25) is 0 Å². The van der Waals surface area contributed by atoms with E-state index < -0.39 is 42.0 Å². The van der Waals surface area contributed by atoms with Crippen molar-refractivity contribution in [3.05, 3.63) is 114 Å². The molecular weight excluding hydrogens is 572 g/mol. The largest absolute Gasteiger partial charge is 0.497 e. The summed E-state index contributed by atoms with van der Waals surface area (Å²) in [7, 11) is 1.56. The lowest BCUT2D eigenvalue weighted by Crippen LogP contribution is -2.49. The van der Waals surface area contributed by atoms with Crippen molar-refractivity contribution in [1.82, 2.24) is 19.5 Å². The average Bonchev–Trinajstić information content (AvgIpc) is 3.57. The monoisotopic (exact) mass is 599 g/mol. The zero-order valence-electron chi connectivity index (χ0n) is 23.3. The van der Waals surface area contributed by atoms with Crippen LogP contribution in [0.5, 0.6) is 5.75 Å². The number of aromatic nitrogens is 4. The number of terminal acetylenes is 1. The number of alkyl halides is 1. The van der Waals surface area contributed by atoms with Crippen LogP contribution < -0.4 is 10.1 Å². The summed E-state index contributed by atoms with van der Waals surface area (Å²) in [6.07, 6.45) is 1.24. The van der Waals surface area contributed by atoms with Crippen molar-refractivity contribution in [3.63, 3.8) is 0 Å². The van der Waals surface area contributed by atoms with Gasteiger partial charge in [-0.2, -0.15) is 14.4 Å². The van der Waals surface area contributed by atoms with Gasteiger partial charge in [-0.05, 0) is 28.8 Å². The van der Waals surface area contributed by atoms with Gasteiger partial charge in [-0.3, -0.25) is 4.57 Å². The minimum absolute atomic E-state index is 0.0222. The molecule has 0 amide bonds. The second-order valence-electron chi connectivity index (χ2n) is 10.3. The van der Waals surface area contributed by atoms with E-state index in [2.05, 4.69) is 20.3 Å². The molecule has 1 aliphatic heterocycles. The highest BCUT2D eigenvalue weighted by Gasteiger charge is 2.65. The number of methoxy groups -OCH3 is 1. The van der Waals surface area contributed by atoms with Crippen molar-refractivity contribution < 1.29 is 33.6 Å². The third-order valence-electron chi connectivity index (χ3n) is 7.85. The maximum absolute atomic E-state index is 15.3. The Kier molecular flexibility index (Phi) is 7.27. The predicted octanol–water partition coefficient (Wildman–Crippen LogP) is 3.29. The van der Waals surface area contributed by atoms with E-state index in [4.69, 9.17) is 15.9 Å². The summed E-state index contributed by atoms with van der Waals surface area (Å²) in [4.78, 5) is 12.3. The van der Waals surface area contributed by atoms with Crippen molar-refractivity contribution in [2.75, 3.05) is 19.0 Å². The van der Waals surface area contributed by atoms with Crippen LogP contribution in [0, 0.1) is 18.4 Å². The zero-order chi connectivity index (χ0) is 31.1. The summed E-state index contributed by atoms with van der Waals surface area (Å²) < 4.78 is 42.1. The van der Waals surface area contributed by atoms with E-state index in [1.54, 1.807) is 19.2 Å². The first-order chi connectivity index (χ1) is 21.2. The molecule has 3 heterocycles. The second-order valence-corrected chi connectivity index (χ2v) is 10.3. The number of benzene rings is 3. The number of hydrogen-bond acceptors (Lipinski definition) is 9. The Balaban J connectivity index is 1.57. The molecule has 3 aromatic carbocycles. The minimum atomic E-state index is -3.11. The van der Waals surface area contributed by atoms with Crippen LogP contribution >= 0.6 is 0 Å². The van der Waals surface area contributed by atoms with Gasteiger partial charge in [-0.1, -0.05) is 78.7 Å². The van der Waals surface area contributed by atoms with Crippen LogP contribution in [0.4, 0.5) is 14.6 Å². The SMILES string of the molecule is C#C[C@]1(O)[C@H](n2cnc3c(NC(c4ccccc4)(c4ccccc4)c4ccc(OC)cc4)nc(F)nc32)O[C@](F)(CO)[C@H]1O. The molecule has 2 aromatic heterocycles. The van der Waals surface area contributed by atoms with E-state index in [1.807, 2.05) is 78.7 Å².